The molecule has 1 N–H and O–H groups in total. The number of rotatable bonds is 10. The molecule has 9 heteroatoms. The number of aromatic amines is 1. The zero-order valence-electron chi connectivity index (χ0n) is 26.1. The topological polar surface area (TPSA) is 106 Å². The van der Waals surface area contributed by atoms with Crippen molar-refractivity contribution in [3.63, 3.8) is 0 Å². The number of nitrogens with one attached hydrogen (secondary N) is 1. The SMILES string of the molecule is CCCc1nc(CC)n(-c2ccc(OC3CCN(C)CC3)cc2)c(=O)c1Cc1ccc(-c2ccccc2-c2noc(=O)[nH]2)cc1. The molecule has 1 saturated heterocycles. The number of piperidine rings is 1. The zero-order valence-corrected chi connectivity index (χ0v) is 26.1. The highest BCUT2D eigenvalue weighted by Gasteiger charge is 2.20. The number of aromatic nitrogens is 4. The van der Waals surface area contributed by atoms with Crippen molar-refractivity contribution in [2.75, 3.05) is 20.1 Å². The number of nitrogens with zero attached hydrogens (tertiary/aromatic N) is 4. The number of aryl methyl sites for hydroxylation is 2. The van der Waals surface area contributed by atoms with Crippen LogP contribution < -0.4 is 16.1 Å². The maximum absolute atomic E-state index is 14.2. The third kappa shape index (κ3) is 6.68. The van der Waals surface area contributed by atoms with Gasteiger partial charge in [0.2, 0.25) is 0 Å². The van der Waals surface area contributed by atoms with E-state index in [0.717, 1.165) is 84.0 Å². The van der Waals surface area contributed by atoms with Gasteiger partial charge in [-0.3, -0.25) is 18.9 Å². The van der Waals surface area contributed by atoms with E-state index in [1.54, 1.807) is 4.57 Å². The minimum atomic E-state index is -0.594. The molecule has 1 aliphatic heterocycles. The Kier molecular flexibility index (Phi) is 9.07. The minimum absolute atomic E-state index is 0.0290. The molecule has 0 amide bonds. The zero-order chi connectivity index (χ0) is 31.3. The smallest absolute Gasteiger partial charge is 0.439 e. The Bertz CT molecular complexity index is 1860. The summed E-state index contributed by atoms with van der Waals surface area (Å²) in [7, 11) is 2.14. The van der Waals surface area contributed by atoms with E-state index in [9.17, 15) is 9.59 Å². The molecule has 0 aliphatic carbocycles. The van der Waals surface area contributed by atoms with Crippen LogP contribution in [0.25, 0.3) is 28.2 Å². The van der Waals surface area contributed by atoms with Gasteiger partial charge in [0.05, 0.1) is 11.4 Å². The van der Waals surface area contributed by atoms with E-state index in [1.807, 2.05) is 79.7 Å². The standard InChI is InChI=1S/C36H39N5O4/c1-4-8-32-31(23-24-11-13-25(14-12-24)29-9-6-7-10-30(29)34-38-36(43)45-39-34)35(42)41(33(5-2)37-32)26-15-17-27(18-16-26)44-28-19-21-40(3)22-20-28/h6-7,9-18,28H,4-5,8,19-23H2,1-3H3,(H,38,39,43). The lowest BCUT2D eigenvalue weighted by Gasteiger charge is -2.29. The first-order chi connectivity index (χ1) is 21.9. The van der Waals surface area contributed by atoms with Gasteiger partial charge in [0.1, 0.15) is 17.7 Å². The first-order valence-corrected chi connectivity index (χ1v) is 15.8. The number of hydrogen-bond donors (Lipinski definition) is 1. The predicted octanol–water partition coefficient (Wildman–Crippen LogP) is 5.82. The molecule has 0 saturated carbocycles. The minimum Gasteiger partial charge on any atom is -0.490 e. The fourth-order valence-electron chi connectivity index (χ4n) is 6.04. The number of H-pyrrole nitrogens is 1. The van der Waals surface area contributed by atoms with Gasteiger partial charge in [0.15, 0.2) is 5.82 Å². The van der Waals surface area contributed by atoms with E-state index in [1.165, 1.54) is 0 Å². The monoisotopic (exact) mass is 605 g/mol. The van der Waals surface area contributed by atoms with Crippen molar-refractivity contribution in [3.05, 3.63) is 116 Å². The fourth-order valence-corrected chi connectivity index (χ4v) is 6.04. The van der Waals surface area contributed by atoms with E-state index >= 15 is 0 Å². The van der Waals surface area contributed by atoms with Crippen LogP contribution in [0.15, 0.2) is 86.9 Å². The van der Waals surface area contributed by atoms with Crippen molar-refractivity contribution < 1.29 is 9.26 Å². The Balaban J connectivity index is 1.29. The van der Waals surface area contributed by atoms with Crippen molar-refractivity contribution >= 4 is 0 Å². The Hall–Kier alpha value is -4.76. The molecule has 0 radical (unpaired) electrons. The van der Waals surface area contributed by atoms with Crippen LogP contribution in [0.5, 0.6) is 5.75 Å². The largest absolute Gasteiger partial charge is 0.490 e. The summed E-state index contributed by atoms with van der Waals surface area (Å²) in [5.74, 6) is 1.37. The van der Waals surface area contributed by atoms with E-state index in [0.29, 0.717) is 24.2 Å². The van der Waals surface area contributed by atoms with Crippen LogP contribution in [-0.4, -0.2) is 50.8 Å². The van der Waals surface area contributed by atoms with Gasteiger partial charge in [-0.2, -0.15) is 0 Å². The summed E-state index contributed by atoms with van der Waals surface area (Å²) in [5.41, 5.74) is 6.01. The molecule has 1 fully saturated rings. The van der Waals surface area contributed by atoms with E-state index in [-0.39, 0.29) is 11.7 Å². The van der Waals surface area contributed by atoms with Crippen molar-refractivity contribution in [3.8, 4) is 34.0 Å². The number of likely N-dealkylation sites (tertiary alicyclic amines) is 1. The second-order valence-electron chi connectivity index (χ2n) is 11.7. The molecule has 0 spiro atoms. The molecule has 2 aromatic heterocycles. The Morgan fingerprint density at radius 1 is 0.933 bits per heavy atom. The van der Waals surface area contributed by atoms with E-state index in [4.69, 9.17) is 14.2 Å². The molecule has 0 bridgehead atoms. The van der Waals surface area contributed by atoms with Gasteiger partial charge in [-0.25, -0.2) is 9.78 Å². The Morgan fingerprint density at radius 2 is 1.64 bits per heavy atom. The summed E-state index contributed by atoms with van der Waals surface area (Å²) in [5, 5.41) is 3.87. The van der Waals surface area contributed by atoms with Gasteiger partial charge in [-0.1, -0.05) is 74.0 Å². The predicted molar refractivity (Wildman–Crippen MR) is 175 cm³/mol. The molecule has 45 heavy (non-hydrogen) atoms. The van der Waals surface area contributed by atoms with Crippen molar-refractivity contribution in [2.24, 2.45) is 0 Å². The van der Waals surface area contributed by atoms with Gasteiger partial charge < -0.3 is 9.64 Å². The van der Waals surface area contributed by atoms with E-state index in [2.05, 4.69) is 29.0 Å². The molecule has 0 unspecified atom stereocenters. The molecule has 3 aromatic carbocycles. The van der Waals surface area contributed by atoms with Crippen LogP contribution in [0.2, 0.25) is 0 Å². The van der Waals surface area contributed by atoms with Crippen LogP contribution in [0, 0.1) is 0 Å². The first-order valence-electron chi connectivity index (χ1n) is 15.8. The average Bonchev–Trinajstić information content (AvgIpc) is 3.50. The third-order valence-corrected chi connectivity index (χ3v) is 8.47. The summed E-state index contributed by atoms with van der Waals surface area (Å²) in [6.45, 7) is 6.23. The lowest BCUT2D eigenvalue weighted by Crippen LogP contribution is -2.35. The molecule has 3 heterocycles. The number of ether oxygens (including phenoxy) is 1. The molecule has 5 aromatic rings. The van der Waals surface area contributed by atoms with Gasteiger partial charge in [0.25, 0.3) is 5.56 Å². The van der Waals surface area contributed by atoms with Crippen LogP contribution >= 0.6 is 0 Å². The Morgan fingerprint density at radius 3 is 2.29 bits per heavy atom. The molecule has 6 rings (SSSR count). The maximum Gasteiger partial charge on any atom is 0.439 e. The lowest BCUT2D eigenvalue weighted by molar-refractivity contribution is 0.114. The highest BCUT2D eigenvalue weighted by atomic mass is 16.5. The number of benzene rings is 3. The summed E-state index contributed by atoms with van der Waals surface area (Å²) in [6.07, 6.45) is 5.00. The van der Waals surface area contributed by atoms with E-state index < -0.39 is 5.76 Å². The highest BCUT2D eigenvalue weighted by molar-refractivity contribution is 5.80. The maximum atomic E-state index is 14.2. The molecule has 232 valence electrons. The van der Waals surface area contributed by atoms with Crippen molar-refractivity contribution in [2.45, 2.75) is 58.5 Å². The number of hydrogen-bond acceptors (Lipinski definition) is 7. The lowest BCUT2D eigenvalue weighted by atomic mass is 9.96. The summed E-state index contributed by atoms with van der Waals surface area (Å²) >= 11 is 0. The van der Waals surface area contributed by atoms with Crippen LogP contribution in [0.3, 0.4) is 0 Å². The third-order valence-electron chi connectivity index (χ3n) is 8.47. The van der Waals surface area contributed by atoms with Crippen LogP contribution in [0.1, 0.15) is 55.8 Å². The van der Waals surface area contributed by atoms with Crippen molar-refractivity contribution in [1.82, 2.24) is 24.6 Å². The second-order valence-corrected chi connectivity index (χ2v) is 11.7. The van der Waals surface area contributed by atoms with Crippen LogP contribution in [-0.2, 0) is 19.3 Å². The normalized spacial score (nSPS) is 14.1. The highest BCUT2D eigenvalue weighted by Crippen LogP contribution is 2.30. The van der Waals surface area contributed by atoms with Gasteiger partial charge in [-0.15, -0.1) is 0 Å². The van der Waals surface area contributed by atoms with Gasteiger partial charge in [0, 0.05) is 37.1 Å². The van der Waals surface area contributed by atoms with Gasteiger partial charge in [-0.05, 0) is 67.3 Å². The summed E-state index contributed by atoms with van der Waals surface area (Å²) in [6, 6.07) is 23.7. The van der Waals surface area contributed by atoms with Gasteiger partial charge >= 0.3 is 5.76 Å². The summed E-state index contributed by atoms with van der Waals surface area (Å²) in [4.78, 5) is 35.8. The molecule has 0 atom stereocenters. The molecule has 9 nitrogen and oxygen atoms in total. The van der Waals surface area contributed by atoms with Crippen LogP contribution in [0.4, 0.5) is 0 Å². The van der Waals surface area contributed by atoms with Crippen molar-refractivity contribution in [1.29, 1.82) is 0 Å². The quantitative estimate of drug-likeness (QED) is 0.214. The fraction of sp³-hybridized carbons (Fsp3) is 0.333. The summed E-state index contributed by atoms with van der Waals surface area (Å²) < 4.78 is 12.7. The molecular formula is C36H39N5O4. The molecular weight excluding hydrogens is 566 g/mol. The second kappa shape index (κ2) is 13.5. The molecule has 1 aliphatic rings. The first kappa shape index (κ1) is 30.3. The Labute approximate surface area is 262 Å². The average molecular weight is 606 g/mol.